The second kappa shape index (κ2) is 13.0. The zero-order chi connectivity index (χ0) is 26.8. The van der Waals surface area contributed by atoms with E-state index in [1.54, 1.807) is 30.5 Å². The van der Waals surface area contributed by atoms with Gasteiger partial charge in [0.05, 0.1) is 5.56 Å². The minimum atomic E-state index is -4.50. The van der Waals surface area contributed by atoms with Crippen LogP contribution in [-0.4, -0.2) is 43.0 Å². The van der Waals surface area contributed by atoms with Gasteiger partial charge in [-0.3, -0.25) is 0 Å². The van der Waals surface area contributed by atoms with Gasteiger partial charge in [0.25, 0.3) is 0 Å². The highest BCUT2D eigenvalue weighted by Crippen LogP contribution is 2.33. The van der Waals surface area contributed by atoms with Gasteiger partial charge >= 0.3 is 12.2 Å². The van der Waals surface area contributed by atoms with E-state index in [1.165, 1.54) is 19.1 Å². The van der Waals surface area contributed by atoms with Crippen LogP contribution in [0.3, 0.4) is 0 Å². The van der Waals surface area contributed by atoms with Crippen molar-refractivity contribution in [2.24, 2.45) is 4.99 Å². The first-order valence-corrected chi connectivity index (χ1v) is 12.1. The lowest BCUT2D eigenvalue weighted by Crippen LogP contribution is -2.42. The number of benzene rings is 2. The number of alkyl halides is 3. The molecule has 1 aliphatic heterocycles. The molecule has 2 aromatic rings. The van der Waals surface area contributed by atoms with Gasteiger partial charge in [-0.2, -0.15) is 13.2 Å². The number of ether oxygens (including phenoxy) is 1. The van der Waals surface area contributed by atoms with Crippen LogP contribution in [0.2, 0.25) is 0 Å². The van der Waals surface area contributed by atoms with E-state index < -0.39 is 17.8 Å². The molecule has 0 aromatic heterocycles. The van der Waals surface area contributed by atoms with Crippen LogP contribution < -0.4 is 20.7 Å². The molecule has 198 valence electrons. The molecule has 1 saturated heterocycles. The molecule has 0 bridgehead atoms. The lowest BCUT2D eigenvalue weighted by Gasteiger charge is -2.30. The number of hydrogen-bond donors (Lipinski definition) is 3. The largest absolute Gasteiger partial charge is 0.439 e. The van der Waals surface area contributed by atoms with E-state index in [4.69, 9.17) is 4.74 Å². The highest BCUT2D eigenvalue weighted by atomic mass is 19.4. The molecule has 7 nitrogen and oxygen atoms in total. The van der Waals surface area contributed by atoms with E-state index in [-0.39, 0.29) is 11.3 Å². The smallest absolute Gasteiger partial charge is 0.416 e. The summed E-state index contributed by atoms with van der Waals surface area (Å²) in [5, 5.41) is 8.37. The number of nitrogens with one attached hydrogen (secondary N) is 3. The highest BCUT2D eigenvalue weighted by Gasteiger charge is 2.32. The molecular weight excluding hydrogens is 483 g/mol. The summed E-state index contributed by atoms with van der Waals surface area (Å²) in [6, 6.07) is 9.62. The molecule has 10 heteroatoms. The summed E-state index contributed by atoms with van der Waals surface area (Å²) in [7, 11) is 0. The Labute approximate surface area is 215 Å². The molecular formula is C27H32F3N5O2. The summed E-state index contributed by atoms with van der Waals surface area (Å²) in [6.45, 7) is 9.06. The number of amides is 2. The van der Waals surface area contributed by atoms with Crippen molar-refractivity contribution in [1.29, 1.82) is 0 Å². The Morgan fingerprint density at radius 1 is 1.11 bits per heavy atom. The van der Waals surface area contributed by atoms with Crippen LogP contribution >= 0.6 is 0 Å². The minimum Gasteiger partial charge on any atom is -0.439 e. The topological polar surface area (TPSA) is 78.0 Å². The summed E-state index contributed by atoms with van der Waals surface area (Å²) in [5.41, 5.74) is 0.831. The van der Waals surface area contributed by atoms with Crippen LogP contribution in [0.1, 0.15) is 31.4 Å². The molecule has 2 aromatic carbocycles. The van der Waals surface area contributed by atoms with Crippen LogP contribution in [0.25, 0.3) is 0 Å². The van der Waals surface area contributed by atoms with E-state index in [0.717, 1.165) is 44.4 Å². The Balaban J connectivity index is 1.65. The maximum absolute atomic E-state index is 13.1. The van der Waals surface area contributed by atoms with Crippen molar-refractivity contribution in [3.8, 4) is 5.75 Å². The van der Waals surface area contributed by atoms with Gasteiger partial charge in [-0.15, -0.1) is 0 Å². The standard InChI is InChI=1S/C27H32F3N5O2/c1-4-5-12-32-25(17-20(3)35-15-13-31-14-16-35)37-23-10-8-21(9-11-23)33-26(36)34-22-7-6-19(2)24(18-22)27(28,29)30/h5-12,17-18,31H,4,13-16H2,1-3H3,(H2,33,34,36)/b12-5+,20-17+,32-25-. The summed E-state index contributed by atoms with van der Waals surface area (Å²) < 4.78 is 45.4. The Morgan fingerprint density at radius 2 is 1.76 bits per heavy atom. The van der Waals surface area contributed by atoms with Gasteiger partial charge in [-0.25, -0.2) is 9.79 Å². The number of allylic oxidation sites excluding steroid dienone is 2. The maximum atomic E-state index is 13.1. The average molecular weight is 516 g/mol. The molecule has 1 heterocycles. The van der Waals surface area contributed by atoms with Gasteiger partial charge in [0.15, 0.2) is 0 Å². The number of carbonyl (C=O) groups excluding carboxylic acids is 1. The number of hydrogen-bond acceptors (Lipinski definition) is 5. The lowest BCUT2D eigenvalue weighted by atomic mass is 10.1. The first kappa shape index (κ1) is 27.8. The third kappa shape index (κ3) is 8.68. The van der Waals surface area contributed by atoms with Crippen molar-refractivity contribution in [3.05, 3.63) is 77.6 Å². The summed E-state index contributed by atoms with van der Waals surface area (Å²) in [5.74, 6) is 0.950. The lowest BCUT2D eigenvalue weighted by molar-refractivity contribution is -0.138. The first-order valence-electron chi connectivity index (χ1n) is 12.1. The number of halogens is 3. The molecule has 0 atom stereocenters. The monoisotopic (exact) mass is 515 g/mol. The number of nitrogens with zero attached hydrogens (tertiary/aromatic N) is 2. The first-order chi connectivity index (χ1) is 17.7. The van der Waals surface area contributed by atoms with Gasteiger partial charge in [0.2, 0.25) is 5.90 Å². The third-order valence-electron chi connectivity index (χ3n) is 5.63. The molecule has 3 N–H and O–H groups in total. The molecule has 0 saturated carbocycles. The number of rotatable bonds is 7. The SMILES string of the molecule is CC/C=C/N=C(/C=C(\C)N1CCNCC1)Oc1ccc(NC(=O)Nc2ccc(C)c(C(F)(F)F)c2)cc1. The number of piperazine rings is 1. The summed E-state index contributed by atoms with van der Waals surface area (Å²) in [6.07, 6.45) is 1.86. The predicted octanol–water partition coefficient (Wildman–Crippen LogP) is 6.17. The molecule has 37 heavy (non-hydrogen) atoms. The minimum absolute atomic E-state index is 0.0445. The van der Waals surface area contributed by atoms with Crippen molar-refractivity contribution in [3.63, 3.8) is 0 Å². The molecule has 0 spiro atoms. The van der Waals surface area contributed by atoms with E-state index in [1.807, 2.05) is 26.0 Å². The second-order valence-electron chi connectivity index (χ2n) is 8.52. The van der Waals surface area contributed by atoms with Crippen LogP contribution in [0.4, 0.5) is 29.3 Å². The average Bonchev–Trinajstić information content (AvgIpc) is 2.86. The summed E-state index contributed by atoms with van der Waals surface area (Å²) in [4.78, 5) is 19.0. The predicted molar refractivity (Wildman–Crippen MR) is 141 cm³/mol. The Bertz CT molecular complexity index is 1150. The number of urea groups is 1. The van der Waals surface area contributed by atoms with Gasteiger partial charge in [0, 0.05) is 55.5 Å². The van der Waals surface area contributed by atoms with Crippen LogP contribution in [0, 0.1) is 6.92 Å². The summed E-state index contributed by atoms with van der Waals surface area (Å²) >= 11 is 0. The van der Waals surface area contributed by atoms with Crippen LogP contribution in [-0.2, 0) is 6.18 Å². The van der Waals surface area contributed by atoms with Gasteiger partial charge in [0.1, 0.15) is 5.75 Å². The Morgan fingerprint density at radius 3 is 2.41 bits per heavy atom. The third-order valence-corrected chi connectivity index (χ3v) is 5.63. The van der Waals surface area contributed by atoms with E-state index in [9.17, 15) is 18.0 Å². The fourth-order valence-electron chi connectivity index (χ4n) is 3.64. The number of aryl methyl sites for hydroxylation is 1. The molecule has 0 radical (unpaired) electrons. The highest BCUT2D eigenvalue weighted by molar-refractivity contribution is 6.00. The number of carbonyl (C=O) groups is 1. The number of aliphatic imine (C=N–C) groups is 1. The molecule has 2 amide bonds. The maximum Gasteiger partial charge on any atom is 0.416 e. The van der Waals surface area contributed by atoms with Crippen molar-refractivity contribution >= 4 is 23.3 Å². The molecule has 1 aliphatic rings. The normalized spacial score (nSPS) is 15.1. The van der Waals surface area contributed by atoms with Crippen molar-refractivity contribution in [2.45, 2.75) is 33.4 Å². The van der Waals surface area contributed by atoms with Crippen molar-refractivity contribution in [1.82, 2.24) is 10.2 Å². The van der Waals surface area contributed by atoms with Gasteiger partial charge < -0.3 is 25.6 Å². The Kier molecular flexibility index (Phi) is 9.73. The molecule has 1 fully saturated rings. The van der Waals surface area contributed by atoms with Crippen molar-refractivity contribution < 1.29 is 22.7 Å². The van der Waals surface area contributed by atoms with E-state index in [2.05, 4.69) is 25.8 Å². The van der Waals surface area contributed by atoms with Crippen LogP contribution in [0.5, 0.6) is 5.75 Å². The van der Waals surface area contributed by atoms with Crippen molar-refractivity contribution in [2.75, 3.05) is 36.8 Å². The van der Waals surface area contributed by atoms with Crippen LogP contribution in [0.15, 0.2) is 71.5 Å². The molecule has 0 unspecified atom stereocenters. The fourth-order valence-corrected chi connectivity index (χ4v) is 3.64. The molecule has 0 aliphatic carbocycles. The number of anilines is 2. The van der Waals surface area contributed by atoms with Gasteiger partial charge in [-0.05, 0) is 62.2 Å². The fraction of sp³-hybridized carbons (Fsp3) is 0.333. The second-order valence-corrected chi connectivity index (χ2v) is 8.52. The Hall–Kier alpha value is -3.79. The van der Waals surface area contributed by atoms with E-state index >= 15 is 0 Å². The quantitative estimate of drug-likeness (QED) is 0.305. The van der Waals surface area contributed by atoms with Gasteiger partial charge in [-0.1, -0.05) is 19.1 Å². The zero-order valence-corrected chi connectivity index (χ0v) is 21.2. The van der Waals surface area contributed by atoms with E-state index in [0.29, 0.717) is 17.3 Å². The molecule has 3 rings (SSSR count). The zero-order valence-electron chi connectivity index (χ0n) is 21.2.